The van der Waals surface area contributed by atoms with Crippen molar-refractivity contribution in [2.75, 3.05) is 26.7 Å². The van der Waals surface area contributed by atoms with E-state index in [2.05, 4.69) is 20.9 Å². The number of benzene rings is 3. The molecule has 0 bridgehead atoms. The number of amides is 4. The number of fused-ring (bicyclic) bond motifs is 1. The van der Waals surface area contributed by atoms with Crippen molar-refractivity contribution in [1.82, 2.24) is 30.3 Å². The van der Waals surface area contributed by atoms with E-state index in [1.807, 2.05) is 86.6 Å². The molecule has 0 radical (unpaired) electrons. The van der Waals surface area contributed by atoms with Crippen LogP contribution in [-0.4, -0.2) is 100 Å². The Bertz CT molecular complexity index is 1790. The average Bonchev–Trinajstić information content (AvgIpc) is 3.51. The van der Waals surface area contributed by atoms with Crippen LogP contribution in [0.4, 0.5) is 0 Å². The molecule has 0 aliphatic heterocycles. The molecule has 52 heavy (non-hydrogen) atoms. The number of nitrogens with one attached hydrogen (secondary N) is 3. The Morgan fingerprint density at radius 1 is 0.788 bits per heavy atom. The van der Waals surface area contributed by atoms with Gasteiger partial charge in [0, 0.05) is 51.0 Å². The number of aliphatic hydroxyl groups excluding tert-OH is 1. The molecule has 0 aliphatic rings. The van der Waals surface area contributed by atoms with Crippen molar-refractivity contribution in [1.29, 1.82) is 0 Å². The highest BCUT2D eigenvalue weighted by atomic mass is 16.3. The van der Waals surface area contributed by atoms with Crippen LogP contribution in [-0.2, 0) is 43.4 Å². The summed E-state index contributed by atoms with van der Waals surface area (Å²) in [6.45, 7) is 7.69. The molecule has 1 heterocycles. The number of nitrogens with zero attached hydrogens (tertiary/aromatic N) is 3. The molecule has 4 atom stereocenters. The van der Waals surface area contributed by atoms with Crippen LogP contribution >= 0.6 is 0 Å². The highest BCUT2D eigenvalue weighted by molar-refractivity contribution is 5.96. The maximum absolute atomic E-state index is 14.3. The zero-order chi connectivity index (χ0) is 37.6. The van der Waals surface area contributed by atoms with Crippen LogP contribution in [0.2, 0.25) is 0 Å². The van der Waals surface area contributed by atoms with Gasteiger partial charge in [-0.25, -0.2) is 0 Å². The smallest absolute Gasteiger partial charge is 0.245 e. The van der Waals surface area contributed by atoms with Crippen molar-refractivity contribution in [2.45, 2.75) is 70.8 Å². The van der Waals surface area contributed by atoms with E-state index in [-0.39, 0.29) is 25.2 Å². The van der Waals surface area contributed by atoms with Crippen LogP contribution in [0, 0.1) is 0 Å². The van der Waals surface area contributed by atoms with Crippen LogP contribution < -0.4 is 16.0 Å². The molecule has 4 N–H and O–H groups in total. The van der Waals surface area contributed by atoms with Gasteiger partial charge in [0.15, 0.2) is 0 Å². The van der Waals surface area contributed by atoms with Gasteiger partial charge in [-0.2, -0.15) is 0 Å². The molecule has 0 fully saturated rings. The number of hydrogen-bond acceptors (Lipinski definition) is 7. The minimum Gasteiger partial charge on any atom is -0.391 e. The minimum absolute atomic E-state index is 0.0482. The molecule has 0 unspecified atom stereocenters. The van der Waals surface area contributed by atoms with E-state index < -0.39 is 42.0 Å². The SMILES string of the molecule is CCN(CC)CCC(=O)N[C@H](C(=O)N[C@H](Cc1cn(C=O)c2ccccc12)C(=O)N[C@@H](Cc1ccccc1)C(=O)N(C)Cc1ccccc1)[C@@H](C)O. The lowest BCUT2D eigenvalue weighted by molar-refractivity contribution is -0.137. The van der Waals surface area contributed by atoms with E-state index in [0.29, 0.717) is 36.0 Å². The van der Waals surface area contributed by atoms with Crippen molar-refractivity contribution in [3.63, 3.8) is 0 Å². The van der Waals surface area contributed by atoms with E-state index in [0.717, 1.165) is 24.2 Å². The Balaban J connectivity index is 1.63. The summed E-state index contributed by atoms with van der Waals surface area (Å²) in [5.74, 6) is -2.16. The quantitative estimate of drug-likeness (QED) is 0.109. The summed E-state index contributed by atoms with van der Waals surface area (Å²) in [6.07, 6.45) is 1.24. The first-order valence-corrected chi connectivity index (χ1v) is 17.7. The van der Waals surface area contributed by atoms with E-state index in [4.69, 9.17) is 0 Å². The van der Waals surface area contributed by atoms with Gasteiger partial charge in [-0.3, -0.25) is 28.5 Å². The monoisotopic (exact) mass is 710 g/mol. The summed E-state index contributed by atoms with van der Waals surface area (Å²) in [5, 5.41) is 19.6. The largest absolute Gasteiger partial charge is 0.391 e. The molecule has 0 aliphatic carbocycles. The van der Waals surface area contributed by atoms with Crippen molar-refractivity contribution < 1.29 is 29.1 Å². The van der Waals surface area contributed by atoms with E-state index >= 15 is 0 Å². The summed E-state index contributed by atoms with van der Waals surface area (Å²) in [7, 11) is 1.67. The second-order valence-corrected chi connectivity index (χ2v) is 12.9. The normalized spacial score (nSPS) is 13.5. The molecule has 3 aromatic carbocycles. The number of carbonyl (C=O) groups excluding carboxylic acids is 5. The average molecular weight is 711 g/mol. The predicted octanol–water partition coefficient (Wildman–Crippen LogP) is 2.69. The molecule has 12 heteroatoms. The summed E-state index contributed by atoms with van der Waals surface area (Å²) >= 11 is 0. The van der Waals surface area contributed by atoms with Gasteiger partial charge in [-0.1, -0.05) is 92.7 Å². The van der Waals surface area contributed by atoms with Crippen LogP contribution in [0.15, 0.2) is 91.1 Å². The Labute approximate surface area is 305 Å². The Morgan fingerprint density at radius 3 is 2.00 bits per heavy atom. The van der Waals surface area contributed by atoms with Crippen LogP contribution in [0.5, 0.6) is 0 Å². The minimum atomic E-state index is -1.35. The third-order valence-corrected chi connectivity index (χ3v) is 9.16. The first-order chi connectivity index (χ1) is 25.0. The lowest BCUT2D eigenvalue weighted by Crippen LogP contribution is -2.59. The summed E-state index contributed by atoms with van der Waals surface area (Å²) in [5.41, 5.74) is 2.97. The number of aliphatic hydroxyl groups is 1. The van der Waals surface area contributed by atoms with Gasteiger partial charge in [-0.05, 0) is 42.8 Å². The Hall–Kier alpha value is -5.33. The van der Waals surface area contributed by atoms with Gasteiger partial charge in [0.05, 0.1) is 11.6 Å². The van der Waals surface area contributed by atoms with E-state index in [1.165, 1.54) is 11.5 Å². The molecule has 1 aromatic heterocycles. The van der Waals surface area contributed by atoms with Crippen molar-refractivity contribution in [3.05, 3.63) is 108 Å². The molecule has 4 rings (SSSR count). The van der Waals surface area contributed by atoms with Crippen molar-refractivity contribution in [2.24, 2.45) is 0 Å². The van der Waals surface area contributed by atoms with Crippen molar-refractivity contribution in [3.8, 4) is 0 Å². The van der Waals surface area contributed by atoms with Gasteiger partial charge in [0.1, 0.15) is 18.1 Å². The second kappa shape index (κ2) is 19.3. The molecule has 12 nitrogen and oxygen atoms in total. The fraction of sp³-hybridized carbons (Fsp3) is 0.375. The molecule has 4 amide bonds. The molecule has 4 aromatic rings. The lowest BCUT2D eigenvalue weighted by atomic mass is 10.0. The van der Waals surface area contributed by atoms with E-state index in [1.54, 1.807) is 30.3 Å². The van der Waals surface area contributed by atoms with Gasteiger partial charge in [0.25, 0.3) is 0 Å². The zero-order valence-corrected chi connectivity index (χ0v) is 30.3. The topological polar surface area (TPSA) is 153 Å². The fourth-order valence-electron chi connectivity index (χ4n) is 6.19. The Morgan fingerprint density at radius 2 is 1.38 bits per heavy atom. The maximum atomic E-state index is 14.3. The fourth-order valence-corrected chi connectivity index (χ4v) is 6.19. The number of carbonyl (C=O) groups is 5. The summed E-state index contributed by atoms with van der Waals surface area (Å²) in [6, 6.07) is 22.4. The molecule has 0 saturated heterocycles. The van der Waals surface area contributed by atoms with Crippen LogP contribution in [0.25, 0.3) is 10.9 Å². The van der Waals surface area contributed by atoms with Gasteiger partial charge >= 0.3 is 0 Å². The first-order valence-electron chi connectivity index (χ1n) is 17.7. The van der Waals surface area contributed by atoms with Gasteiger partial charge < -0.3 is 30.9 Å². The third-order valence-electron chi connectivity index (χ3n) is 9.16. The number of aromatic nitrogens is 1. The number of rotatable bonds is 19. The maximum Gasteiger partial charge on any atom is 0.245 e. The number of likely N-dealkylation sites (N-methyl/N-ethyl adjacent to an activating group) is 1. The first kappa shape index (κ1) is 39.5. The van der Waals surface area contributed by atoms with Crippen LogP contribution in [0.1, 0.15) is 43.9 Å². The third kappa shape index (κ3) is 10.8. The number of para-hydroxylation sites is 1. The van der Waals surface area contributed by atoms with Gasteiger partial charge in [0.2, 0.25) is 30.0 Å². The number of hydrogen-bond donors (Lipinski definition) is 4. The summed E-state index contributed by atoms with van der Waals surface area (Å²) in [4.78, 5) is 70.5. The standard InChI is InChI=1S/C40H50N6O6/c1-5-45(6-2)22-21-36(49)43-37(28(3)48)39(51)41-33(24-31-26-46(27-47)35-20-14-13-19-32(31)35)38(50)42-34(23-29-15-9-7-10-16-29)40(52)44(4)25-30-17-11-8-12-18-30/h7-20,26-28,33-34,37,48H,5-6,21-25H2,1-4H3,(H,41,51)(H,42,50)(H,43,49)/t28-,33-,34+,37+/m1/s1. The molecule has 276 valence electrons. The Kier molecular flexibility index (Phi) is 14.7. The summed E-state index contributed by atoms with van der Waals surface area (Å²) < 4.78 is 1.40. The molecule has 0 saturated carbocycles. The van der Waals surface area contributed by atoms with Gasteiger partial charge in [-0.15, -0.1) is 0 Å². The van der Waals surface area contributed by atoms with E-state index in [9.17, 15) is 29.1 Å². The lowest BCUT2D eigenvalue weighted by Gasteiger charge is -2.28. The zero-order valence-electron chi connectivity index (χ0n) is 30.3. The molecular weight excluding hydrogens is 660 g/mol. The predicted molar refractivity (Wildman–Crippen MR) is 201 cm³/mol. The molecule has 0 spiro atoms. The molecular formula is C40H50N6O6. The second-order valence-electron chi connectivity index (χ2n) is 12.9. The highest BCUT2D eigenvalue weighted by Crippen LogP contribution is 2.22. The highest BCUT2D eigenvalue weighted by Gasteiger charge is 2.33. The van der Waals surface area contributed by atoms with Crippen molar-refractivity contribution >= 4 is 40.9 Å². The van der Waals surface area contributed by atoms with Crippen LogP contribution in [0.3, 0.4) is 0 Å².